The molecule has 0 spiro atoms. The van der Waals surface area contributed by atoms with Crippen LogP contribution in [0.4, 0.5) is 0 Å². The summed E-state index contributed by atoms with van der Waals surface area (Å²) >= 11 is 0. The van der Waals surface area contributed by atoms with E-state index in [1.807, 2.05) is 18.2 Å². The molecule has 0 aliphatic heterocycles. The van der Waals surface area contributed by atoms with Crippen molar-refractivity contribution >= 4 is 5.78 Å². The predicted molar refractivity (Wildman–Crippen MR) is 104 cm³/mol. The smallest absolute Gasteiger partial charge is 0.258 e. The molecule has 0 unspecified atom stereocenters. The third-order valence-electron chi connectivity index (χ3n) is 5.95. The summed E-state index contributed by atoms with van der Waals surface area (Å²) in [6, 6.07) is 14.4. The molecule has 3 aromatic rings. The van der Waals surface area contributed by atoms with E-state index in [1.54, 1.807) is 0 Å². The van der Waals surface area contributed by atoms with Gasteiger partial charge in [-0.2, -0.15) is 4.98 Å². The molecule has 2 aliphatic carbocycles. The maximum atomic E-state index is 11.8. The van der Waals surface area contributed by atoms with Crippen molar-refractivity contribution in [1.82, 2.24) is 10.1 Å². The van der Waals surface area contributed by atoms with E-state index in [0.717, 1.165) is 28.7 Å². The number of nitrogens with zero attached hydrogens (tertiary/aromatic N) is 2. The molecule has 0 amide bonds. The number of Topliss-reactive ketones (excluding diaryl/α,β-unsaturated/α-hetero) is 1. The van der Waals surface area contributed by atoms with Crippen molar-refractivity contribution in [2.75, 3.05) is 0 Å². The van der Waals surface area contributed by atoms with E-state index in [4.69, 9.17) is 4.52 Å². The second-order valence-corrected chi connectivity index (χ2v) is 7.68. The van der Waals surface area contributed by atoms with Crippen LogP contribution in [0.5, 0.6) is 0 Å². The fraction of sp³-hybridized carbons (Fsp3) is 0.348. The number of carbonyl (C=O) groups is 1. The predicted octanol–water partition coefficient (Wildman–Crippen LogP) is 5.58. The second-order valence-electron chi connectivity index (χ2n) is 7.68. The molecular formula is C23H22N2O2. The molecule has 0 N–H and O–H groups in total. The van der Waals surface area contributed by atoms with E-state index >= 15 is 0 Å². The minimum absolute atomic E-state index is 0.225. The van der Waals surface area contributed by atoms with Gasteiger partial charge in [-0.15, -0.1) is 0 Å². The Bertz CT molecular complexity index is 982. The van der Waals surface area contributed by atoms with Gasteiger partial charge in [0.1, 0.15) is 0 Å². The first-order valence-corrected chi connectivity index (χ1v) is 9.88. The van der Waals surface area contributed by atoms with Gasteiger partial charge in [-0.25, -0.2) is 0 Å². The minimum Gasteiger partial charge on any atom is -0.334 e. The molecule has 27 heavy (non-hydrogen) atoms. The van der Waals surface area contributed by atoms with Crippen LogP contribution in [0, 0.1) is 0 Å². The number of rotatable bonds is 3. The number of ketones is 1. The summed E-state index contributed by atoms with van der Waals surface area (Å²) in [5, 5.41) is 4.15. The normalized spacial score (nSPS) is 17.3. The third kappa shape index (κ3) is 3.09. The van der Waals surface area contributed by atoms with Crippen LogP contribution in [0.15, 0.2) is 47.0 Å². The Morgan fingerprint density at radius 3 is 2.48 bits per heavy atom. The SMILES string of the molecule is O=C1CCc2cc(-c3noc(-c4ccc(C5CCCCC5)cc4)n3)ccc21. The summed E-state index contributed by atoms with van der Waals surface area (Å²) in [6.45, 7) is 0. The van der Waals surface area contributed by atoms with Crippen LogP contribution < -0.4 is 0 Å². The number of aryl methyl sites for hydroxylation is 1. The first-order chi connectivity index (χ1) is 13.3. The molecule has 0 radical (unpaired) electrons. The maximum absolute atomic E-state index is 11.8. The van der Waals surface area contributed by atoms with Crippen LogP contribution in [-0.2, 0) is 6.42 Å². The van der Waals surface area contributed by atoms with E-state index in [-0.39, 0.29) is 5.78 Å². The van der Waals surface area contributed by atoms with Gasteiger partial charge in [0, 0.05) is 23.1 Å². The lowest BCUT2D eigenvalue weighted by Crippen LogP contribution is -2.04. The quantitative estimate of drug-likeness (QED) is 0.613. The average Bonchev–Trinajstić information content (AvgIpc) is 3.36. The zero-order valence-electron chi connectivity index (χ0n) is 15.3. The van der Waals surface area contributed by atoms with Gasteiger partial charge in [0.05, 0.1) is 0 Å². The van der Waals surface area contributed by atoms with Crippen LogP contribution in [-0.4, -0.2) is 15.9 Å². The number of hydrogen-bond donors (Lipinski definition) is 0. The third-order valence-corrected chi connectivity index (χ3v) is 5.95. The Labute approximate surface area is 158 Å². The Morgan fingerprint density at radius 2 is 1.67 bits per heavy atom. The molecule has 4 nitrogen and oxygen atoms in total. The highest BCUT2D eigenvalue weighted by Crippen LogP contribution is 2.34. The molecule has 136 valence electrons. The largest absolute Gasteiger partial charge is 0.334 e. The number of carbonyl (C=O) groups excluding carboxylic acids is 1. The highest BCUT2D eigenvalue weighted by molar-refractivity contribution is 6.00. The zero-order chi connectivity index (χ0) is 18.2. The summed E-state index contributed by atoms with van der Waals surface area (Å²) in [6.07, 6.45) is 8.04. The standard InChI is InChI=1S/C23H22N2O2/c26-21-13-11-18-14-19(10-12-20(18)21)22-24-23(27-25-22)17-8-6-16(7-9-17)15-4-2-1-3-5-15/h6-10,12,14-15H,1-5,11,13H2. The lowest BCUT2D eigenvalue weighted by Gasteiger charge is -2.21. The van der Waals surface area contributed by atoms with Crippen LogP contribution in [0.3, 0.4) is 0 Å². The van der Waals surface area contributed by atoms with Gasteiger partial charge in [-0.05, 0) is 54.5 Å². The van der Waals surface area contributed by atoms with E-state index in [2.05, 4.69) is 34.4 Å². The van der Waals surface area contributed by atoms with Gasteiger partial charge in [-0.3, -0.25) is 4.79 Å². The number of hydrogen-bond acceptors (Lipinski definition) is 4. The molecule has 2 aromatic carbocycles. The maximum Gasteiger partial charge on any atom is 0.258 e. The summed E-state index contributed by atoms with van der Waals surface area (Å²) in [5.41, 5.74) is 5.19. The molecule has 1 heterocycles. The van der Waals surface area contributed by atoms with E-state index < -0.39 is 0 Å². The monoisotopic (exact) mass is 358 g/mol. The molecule has 1 saturated carbocycles. The molecule has 5 rings (SSSR count). The lowest BCUT2D eigenvalue weighted by atomic mass is 9.84. The van der Waals surface area contributed by atoms with E-state index in [1.165, 1.54) is 37.7 Å². The second kappa shape index (κ2) is 6.76. The molecule has 0 bridgehead atoms. The Hall–Kier alpha value is -2.75. The van der Waals surface area contributed by atoms with Gasteiger partial charge in [0.15, 0.2) is 5.78 Å². The topological polar surface area (TPSA) is 56.0 Å². The van der Waals surface area contributed by atoms with Gasteiger partial charge in [0.2, 0.25) is 5.82 Å². The highest BCUT2D eigenvalue weighted by atomic mass is 16.5. The lowest BCUT2D eigenvalue weighted by molar-refractivity contribution is 0.0994. The van der Waals surface area contributed by atoms with Crippen molar-refractivity contribution in [2.24, 2.45) is 0 Å². The Balaban J connectivity index is 1.38. The van der Waals surface area contributed by atoms with Crippen LogP contribution in [0.2, 0.25) is 0 Å². The zero-order valence-corrected chi connectivity index (χ0v) is 15.3. The Morgan fingerprint density at radius 1 is 0.889 bits per heavy atom. The highest BCUT2D eigenvalue weighted by Gasteiger charge is 2.21. The van der Waals surface area contributed by atoms with Crippen LogP contribution in [0.1, 0.15) is 65.9 Å². The van der Waals surface area contributed by atoms with Gasteiger partial charge >= 0.3 is 0 Å². The van der Waals surface area contributed by atoms with Gasteiger partial charge < -0.3 is 4.52 Å². The summed E-state index contributed by atoms with van der Waals surface area (Å²) in [5.74, 6) is 2.03. The van der Waals surface area contributed by atoms with E-state index in [9.17, 15) is 4.79 Å². The first-order valence-electron chi connectivity index (χ1n) is 9.88. The molecule has 1 fully saturated rings. The van der Waals surface area contributed by atoms with Crippen molar-refractivity contribution in [2.45, 2.75) is 50.9 Å². The molecule has 0 saturated heterocycles. The number of aromatic nitrogens is 2. The van der Waals surface area contributed by atoms with Gasteiger partial charge in [-0.1, -0.05) is 48.7 Å². The fourth-order valence-corrected chi connectivity index (χ4v) is 4.39. The fourth-order valence-electron chi connectivity index (χ4n) is 4.39. The molecular weight excluding hydrogens is 336 g/mol. The summed E-state index contributed by atoms with van der Waals surface area (Å²) < 4.78 is 5.50. The summed E-state index contributed by atoms with van der Waals surface area (Å²) in [4.78, 5) is 16.4. The molecule has 2 aliphatic rings. The first kappa shape index (κ1) is 16.4. The number of fused-ring (bicyclic) bond motifs is 1. The molecule has 0 atom stereocenters. The number of benzene rings is 2. The minimum atomic E-state index is 0.225. The van der Waals surface area contributed by atoms with Crippen molar-refractivity contribution in [3.05, 3.63) is 59.2 Å². The van der Waals surface area contributed by atoms with Crippen LogP contribution >= 0.6 is 0 Å². The molecule has 1 aromatic heterocycles. The van der Waals surface area contributed by atoms with Crippen molar-refractivity contribution < 1.29 is 9.32 Å². The van der Waals surface area contributed by atoms with Crippen molar-refractivity contribution in [3.63, 3.8) is 0 Å². The molecule has 4 heteroatoms. The van der Waals surface area contributed by atoms with Crippen molar-refractivity contribution in [1.29, 1.82) is 0 Å². The van der Waals surface area contributed by atoms with Crippen molar-refractivity contribution in [3.8, 4) is 22.8 Å². The summed E-state index contributed by atoms with van der Waals surface area (Å²) in [7, 11) is 0. The average molecular weight is 358 g/mol. The van der Waals surface area contributed by atoms with Crippen LogP contribution in [0.25, 0.3) is 22.8 Å². The van der Waals surface area contributed by atoms with E-state index in [0.29, 0.717) is 24.1 Å². The van der Waals surface area contributed by atoms with Gasteiger partial charge in [0.25, 0.3) is 5.89 Å². The Kier molecular flexibility index (Phi) is 4.12.